The van der Waals surface area contributed by atoms with E-state index in [9.17, 15) is 4.79 Å². The van der Waals surface area contributed by atoms with Crippen LogP contribution in [0.15, 0.2) is 12.1 Å². The molecule has 0 atom stereocenters. The number of benzene rings is 1. The molecule has 4 heteroatoms. The molecule has 0 bridgehead atoms. The topological polar surface area (TPSA) is 32.3 Å². The first kappa shape index (κ1) is 16.9. The molecule has 0 radical (unpaired) electrons. The highest BCUT2D eigenvalue weighted by Crippen LogP contribution is 2.17. The van der Waals surface area contributed by atoms with E-state index in [0.717, 1.165) is 29.8 Å². The number of aryl methyl sites for hydroxylation is 3. The Hall–Kier alpha value is -1.06. The van der Waals surface area contributed by atoms with Gasteiger partial charge in [-0.3, -0.25) is 4.79 Å². The lowest BCUT2D eigenvalue weighted by Crippen LogP contribution is -2.33. The normalized spacial score (nSPS) is 9.83. The quantitative estimate of drug-likeness (QED) is 0.911. The first-order chi connectivity index (χ1) is 7.97. The number of hydrogen-bond acceptors (Lipinski definition) is 2. The van der Waals surface area contributed by atoms with Crippen molar-refractivity contribution in [3.63, 3.8) is 0 Å². The lowest BCUT2D eigenvalue weighted by Gasteiger charge is -2.20. The van der Waals surface area contributed by atoms with E-state index in [0.29, 0.717) is 0 Å². The minimum absolute atomic E-state index is 0. The van der Waals surface area contributed by atoms with Crippen LogP contribution in [0, 0.1) is 20.8 Å². The molecule has 0 aliphatic heterocycles. The summed E-state index contributed by atoms with van der Waals surface area (Å²) in [6.45, 7) is 7.59. The van der Waals surface area contributed by atoms with Crippen LogP contribution in [0.5, 0.6) is 0 Å². The third kappa shape index (κ3) is 4.00. The van der Waals surface area contributed by atoms with E-state index < -0.39 is 0 Å². The van der Waals surface area contributed by atoms with Gasteiger partial charge in [0.05, 0.1) is 0 Å². The Morgan fingerprint density at radius 1 is 1.22 bits per heavy atom. The summed E-state index contributed by atoms with van der Waals surface area (Å²) in [5.74, 6) is 0.107. The second-order valence-electron chi connectivity index (χ2n) is 4.60. The van der Waals surface area contributed by atoms with Crippen molar-refractivity contribution in [1.29, 1.82) is 0 Å². The second-order valence-corrected chi connectivity index (χ2v) is 4.60. The Morgan fingerprint density at radius 2 is 1.72 bits per heavy atom. The molecule has 1 rings (SSSR count). The fourth-order valence-electron chi connectivity index (χ4n) is 2.09. The predicted molar refractivity (Wildman–Crippen MR) is 78.8 cm³/mol. The SMILES string of the molecule is CNCCN(C)C(=O)c1c(C)cc(C)cc1C.Cl. The van der Waals surface area contributed by atoms with Gasteiger partial charge in [0.15, 0.2) is 0 Å². The molecule has 0 aliphatic carbocycles. The van der Waals surface area contributed by atoms with E-state index in [1.54, 1.807) is 4.90 Å². The Balaban J connectivity index is 0.00000289. The summed E-state index contributed by atoms with van der Waals surface area (Å²) in [6.07, 6.45) is 0. The summed E-state index contributed by atoms with van der Waals surface area (Å²) < 4.78 is 0. The van der Waals surface area contributed by atoms with Crippen molar-refractivity contribution in [3.8, 4) is 0 Å². The average molecular weight is 271 g/mol. The van der Waals surface area contributed by atoms with E-state index >= 15 is 0 Å². The van der Waals surface area contributed by atoms with Crippen LogP contribution in [0.1, 0.15) is 27.0 Å². The summed E-state index contributed by atoms with van der Waals surface area (Å²) in [4.78, 5) is 14.1. The molecule has 0 aliphatic rings. The smallest absolute Gasteiger partial charge is 0.254 e. The number of likely N-dealkylation sites (N-methyl/N-ethyl adjacent to an activating group) is 2. The van der Waals surface area contributed by atoms with E-state index in [1.165, 1.54) is 5.56 Å². The number of amides is 1. The molecule has 1 amide bonds. The zero-order valence-electron chi connectivity index (χ0n) is 11.8. The van der Waals surface area contributed by atoms with Crippen LogP contribution in [0.25, 0.3) is 0 Å². The molecule has 1 aromatic carbocycles. The summed E-state index contributed by atoms with van der Waals surface area (Å²) in [7, 11) is 3.74. The minimum Gasteiger partial charge on any atom is -0.340 e. The summed E-state index contributed by atoms with van der Waals surface area (Å²) in [5, 5.41) is 3.05. The Morgan fingerprint density at radius 3 is 2.17 bits per heavy atom. The van der Waals surface area contributed by atoms with E-state index in [-0.39, 0.29) is 18.3 Å². The van der Waals surface area contributed by atoms with Gasteiger partial charge in [-0.2, -0.15) is 0 Å². The molecule has 18 heavy (non-hydrogen) atoms. The minimum atomic E-state index is 0. The molecule has 0 unspecified atom stereocenters. The number of halogens is 1. The molecular weight excluding hydrogens is 248 g/mol. The van der Waals surface area contributed by atoms with Crippen LogP contribution >= 0.6 is 12.4 Å². The average Bonchev–Trinajstić information content (AvgIpc) is 2.24. The van der Waals surface area contributed by atoms with Gasteiger partial charge in [0.2, 0.25) is 0 Å². The van der Waals surface area contributed by atoms with Gasteiger partial charge >= 0.3 is 0 Å². The van der Waals surface area contributed by atoms with Crippen molar-refractivity contribution < 1.29 is 4.79 Å². The van der Waals surface area contributed by atoms with Crippen molar-refractivity contribution in [2.24, 2.45) is 0 Å². The van der Waals surface area contributed by atoms with Crippen LogP contribution in [-0.2, 0) is 0 Å². The Bertz CT molecular complexity index is 395. The maximum absolute atomic E-state index is 12.3. The molecule has 0 fully saturated rings. The molecule has 3 nitrogen and oxygen atoms in total. The van der Waals surface area contributed by atoms with E-state index in [2.05, 4.69) is 24.4 Å². The molecule has 0 saturated carbocycles. The summed E-state index contributed by atoms with van der Waals surface area (Å²) >= 11 is 0. The summed E-state index contributed by atoms with van der Waals surface area (Å²) in [5.41, 5.74) is 4.16. The maximum atomic E-state index is 12.3. The maximum Gasteiger partial charge on any atom is 0.254 e. The number of nitrogens with one attached hydrogen (secondary N) is 1. The number of rotatable bonds is 4. The van der Waals surface area contributed by atoms with Gasteiger partial charge in [0, 0.05) is 25.7 Å². The Kier molecular flexibility index (Phi) is 6.96. The molecule has 0 aromatic heterocycles. The number of carbonyl (C=O) groups is 1. The van der Waals surface area contributed by atoms with Crippen molar-refractivity contribution in [2.75, 3.05) is 27.2 Å². The highest BCUT2D eigenvalue weighted by molar-refractivity contribution is 5.97. The van der Waals surface area contributed by atoms with Gasteiger partial charge in [0.25, 0.3) is 5.91 Å². The van der Waals surface area contributed by atoms with Crippen molar-refractivity contribution in [2.45, 2.75) is 20.8 Å². The molecular formula is C14H23ClN2O. The number of carbonyl (C=O) groups excluding carboxylic acids is 1. The molecule has 0 spiro atoms. The van der Waals surface area contributed by atoms with Crippen molar-refractivity contribution in [1.82, 2.24) is 10.2 Å². The standard InChI is InChI=1S/C14H22N2O.ClH/c1-10-8-11(2)13(12(3)9-10)14(17)16(5)7-6-15-4;/h8-9,15H,6-7H2,1-5H3;1H. The van der Waals surface area contributed by atoms with Gasteiger partial charge < -0.3 is 10.2 Å². The third-order valence-corrected chi connectivity index (χ3v) is 2.93. The van der Waals surface area contributed by atoms with Crippen LogP contribution in [0.4, 0.5) is 0 Å². The highest BCUT2D eigenvalue weighted by Gasteiger charge is 2.16. The van der Waals surface area contributed by atoms with Crippen LogP contribution in [0.3, 0.4) is 0 Å². The summed E-state index contributed by atoms with van der Waals surface area (Å²) in [6, 6.07) is 4.12. The van der Waals surface area contributed by atoms with Gasteiger partial charge in [0.1, 0.15) is 0 Å². The molecule has 102 valence electrons. The first-order valence-corrected chi connectivity index (χ1v) is 5.95. The zero-order valence-corrected chi connectivity index (χ0v) is 12.6. The molecule has 1 N–H and O–H groups in total. The van der Waals surface area contributed by atoms with E-state index in [1.807, 2.05) is 27.9 Å². The van der Waals surface area contributed by atoms with Gasteiger partial charge in [-0.25, -0.2) is 0 Å². The van der Waals surface area contributed by atoms with Gasteiger partial charge in [-0.15, -0.1) is 12.4 Å². The monoisotopic (exact) mass is 270 g/mol. The second kappa shape index (κ2) is 7.39. The first-order valence-electron chi connectivity index (χ1n) is 5.95. The van der Waals surface area contributed by atoms with Gasteiger partial charge in [-0.05, 0) is 38.9 Å². The fourth-order valence-corrected chi connectivity index (χ4v) is 2.09. The predicted octanol–water partition coefficient (Wildman–Crippen LogP) is 2.33. The number of nitrogens with zero attached hydrogens (tertiary/aromatic N) is 1. The molecule has 0 saturated heterocycles. The third-order valence-electron chi connectivity index (χ3n) is 2.93. The van der Waals surface area contributed by atoms with E-state index in [4.69, 9.17) is 0 Å². The largest absolute Gasteiger partial charge is 0.340 e. The Labute approximate surface area is 116 Å². The van der Waals surface area contributed by atoms with Crippen LogP contribution in [0.2, 0.25) is 0 Å². The van der Waals surface area contributed by atoms with Crippen LogP contribution in [-0.4, -0.2) is 38.0 Å². The van der Waals surface area contributed by atoms with Crippen molar-refractivity contribution >= 4 is 18.3 Å². The van der Waals surface area contributed by atoms with Gasteiger partial charge in [-0.1, -0.05) is 17.7 Å². The van der Waals surface area contributed by atoms with Crippen LogP contribution < -0.4 is 5.32 Å². The zero-order chi connectivity index (χ0) is 13.0. The molecule has 1 aromatic rings. The lowest BCUT2D eigenvalue weighted by atomic mass is 9.99. The number of hydrogen-bond donors (Lipinski definition) is 1. The fraction of sp³-hybridized carbons (Fsp3) is 0.500. The molecule has 0 heterocycles. The highest BCUT2D eigenvalue weighted by atomic mass is 35.5. The van der Waals surface area contributed by atoms with Crippen molar-refractivity contribution in [3.05, 3.63) is 34.4 Å². The lowest BCUT2D eigenvalue weighted by molar-refractivity contribution is 0.0795.